The lowest BCUT2D eigenvalue weighted by Crippen LogP contribution is -2.48. The van der Waals surface area contributed by atoms with Gasteiger partial charge in [-0.2, -0.15) is 0 Å². The fourth-order valence-corrected chi connectivity index (χ4v) is 3.07. The molecule has 0 saturated carbocycles. The van der Waals surface area contributed by atoms with Gasteiger partial charge in [0.05, 0.1) is 6.54 Å². The van der Waals surface area contributed by atoms with Crippen LogP contribution in [-0.4, -0.2) is 48.4 Å². The molecule has 1 amide bonds. The molecule has 5 nitrogen and oxygen atoms in total. The average molecular weight is 338 g/mol. The van der Waals surface area contributed by atoms with Crippen molar-refractivity contribution in [1.29, 1.82) is 0 Å². The molecule has 1 heterocycles. The zero-order valence-corrected chi connectivity index (χ0v) is 14.7. The van der Waals surface area contributed by atoms with Crippen LogP contribution in [0.1, 0.15) is 11.1 Å². The minimum absolute atomic E-state index is 0.0137. The Morgan fingerprint density at radius 2 is 1.72 bits per heavy atom. The van der Waals surface area contributed by atoms with Crippen LogP contribution in [-0.2, 0) is 11.3 Å². The number of hydrogen-bond acceptors (Lipinski definition) is 4. The monoisotopic (exact) mass is 338 g/mol. The molecule has 0 aliphatic carbocycles. The number of anilines is 2. The van der Waals surface area contributed by atoms with Crippen molar-refractivity contribution in [1.82, 2.24) is 9.80 Å². The van der Waals surface area contributed by atoms with Crippen LogP contribution >= 0.6 is 0 Å². The van der Waals surface area contributed by atoms with Gasteiger partial charge >= 0.3 is 0 Å². The summed E-state index contributed by atoms with van der Waals surface area (Å²) in [4.78, 5) is 16.9. The van der Waals surface area contributed by atoms with Gasteiger partial charge in [0.1, 0.15) is 0 Å². The second-order valence-corrected chi connectivity index (χ2v) is 6.66. The fourth-order valence-electron chi connectivity index (χ4n) is 3.07. The van der Waals surface area contributed by atoms with Crippen LogP contribution in [0.2, 0.25) is 0 Å². The van der Waals surface area contributed by atoms with Gasteiger partial charge in [-0.3, -0.25) is 14.6 Å². The lowest BCUT2D eigenvalue weighted by atomic mass is 10.2. The van der Waals surface area contributed by atoms with Gasteiger partial charge in [0.25, 0.3) is 0 Å². The van der Waals surface area contributed by atoms with Crippen LogP contribution in [0.3, 0.4) is 0 Å². The predicted molar refractivity (Wildman–Crippen MR) is 102 cm³/mol. The number of nitrogens with two attached hydrogens (primary N) is 1. The number of piperazine rings is 1. The van der Waals surface area contributed by atoms with E-state index in [1.807, 2.05) is 31.2 Å². The topological polar surface area (TPSA) is 61.6 Å². The van der Waals surface area contributed by atoms with Gasteiger partial charge in [0.15, 0.2) is 0 Å². The van der Waals surface area contributed by atoms with E-state index in [1.165, 1.54) is 5.56 Å². The Balaban J connectivity index is 1.43. The maximum atomic E-state index is 12.2. The largest absolute Gasteiger partial charge is 0.398 e. The number of rotatable bonds is 5. The van der Waals surface area contributed by atoms with Crippen LogP contribution in [0.4, 0.5) is 11.4 Å². The molecule has 1 aliphatic heterocycles. The van der Waals surface area contributed by atoms with E-state index in [4.69, 9.17) is 5.73 Å². The molecule has 25 heavy (non-hydrogen) atoms. The standard InChI is InChI=1S/C20H26N4O/c1-16-7-8-18(13-19(16)21)22-20(25)15-24-11-9-23(10-12-24)14-17-5-3-2-4-6-17/h2-8,13H,9-12,14-15,21H2,1H3,(H,22,25). The third kappa shape index (κ3) is 5.05. The number of carbonyl (C=O) groups excluding carboxylic acids is 1. The summed E-state index contributed by atoms with van der Waals surface area (Å²) in [7, 11) is 0. The van der Waals surface area contributed by atoms with Crippen molar-refractivity contribution < 1.29 is 4.79 Å². The number of nitrogen functional groups attached to an aromatic ring is 1. The fraction of sp³-hybridized carbons (Fsp3) is 0.350. The van der Waals surface area contributed by atoms with Crippen molar-refractivity contribution in [2.45, 2.75) is 13.5 Å². The average Bonchev–Trinajstić information content (AvgIpc) is 2.61. The molecule has 1 fully saturated rings. The molecule has 1 aliphatic rings. The Morgan fingerprint density at radius 1 is 1.04 bits per heavy atom. The zero-order valence-electron chi connectivity index (χ0n) is 14.7. The van der Waals surface area contributed by atoms with Crippen LogP contribution in [0.25, 0.3) is 0 Å². The number of hydrogen-bond donors (Lipinski definition) is 2. The lowest BCUT2D eigenvalue weighted by Gasteiger charge is -2.34. The first kappa shape index (κ1) is 17.5. The summed E-state index contributed by atoms with van der Waals surface area (Å²) in [5.41, 5.74) is 9.71. The molecule has 1 saturated heterocycles. The first-order chi connectivity index (χ1) is 12.1. The highest BCUT2D eigenvalue weighted by Gasteiger charge is 2.19. The van der Waals surface area contributed by atoms with E-state index in [2.05, 4.69) is 39.4 Å². The van der Waals surface area contributed by atoms with Crippen molar-refractivity contribution in [3.63, 3.8) is 0 Å². The molecule has 2 aromatic carbocycles. The third-order valence-corrected chi connectivity index (χ3v) is 4.64. The molecular formula is C20H26N4O. The first-order valence-electron chi connectivity index (χ1n) is 8.75. The maximum absolute atomic E-state index is 12.2. The van der Waals surface area contributed by atoms with E-state index in [1.54, 1.807) is 0 Å². The van der Waals surface area contributed by atoms with Gasteiger partial charge in [-0.1, -0.05) is 36.4 Å². The summed E-state index contributed by atoms with van der Waals surface area (Å²) < 4.78 is 0. The molecule has 132 valence electrons. The zero-order chi connectivity index (χ0) is 17.6. The highest BCUT2D eigenvalue weighted by molar-refractivity contribution is 5.92. The van der Waals surface area contributed by atoms with Gasteiger partial charge in [-0.25, -0.2) is 0 Å². The van der Waals surface area contributed by atoms with Crippen LogP contribution in [0, 0.1) is 6.92 Å². The van der Waals surface area contributed by atoms with E-state index in [9.17, 15) is 4.79 Å². The second-order valence-electron chi connectivity index (χ2n) is 6.66. The van der Waals surface area contributed by atoms with Crippen LogP contribution < -0.4 is 11.1 Å². The summed E-state index contributed by atoms with van der Waals surface area (Å²) in [6, 6.07) is 16.1. The third-order valence-electron chi connectivity index (χ3n) is 4.64. The van der Waals surface area contributed by atoms with Crippen molar-refractivity contribution in [3.05, 3.63) is 59.7 Å². The van der Waals surface area contributed by atoms with Gasteiger partial charge in [0, 0.05) is 44.1 Å². The Hall–Kier alpha value is -2.37. The summed E-state index contributed by atoms with van der Waals surface area (Å²) in [5.74, 6) is 0.0137. The number of nitrogens with one attached hydrogen (secondary N) is 1. The smallest absolute Gasteiger partial charge is 0.238 e. The number of benzene rings is 2. The number of aryl methyl sites for hydroxylation is 1. The van der Waals surface area contributed by atoms with Crippen molar-refractivity contribution in [3.8, 4) is 0 Å². The SMILES string of the molecule is Cc1ccc(NC(=O)CN2CCN(Cc3ccccc3)CC2)cc1N. The molecule has 0 atom stereocenters. The molecule has 0 aromatic heterocycles. The quantitative estimate of drug-likeness (QED) is 0.822. The number of carbonyl (C=O) groups is 1. The molecular weight excluding hydrogens is 312 g/mol. The maximum Gasteiger partial charge on any atom is 0.238 e. The predicted octanol–water partition coefficient (Wildman–Crippen LogP) is 2.33. The Labute approximate surface area is 149 Å². The Kier molecular flexibility index (Phi) is 5.68. The Bertz CT molecular complexity index is 709. The van der Waals surface area contributed by atoms with Crippen molar-refractivity contribution in [2.75, 3.05) is 43.8 Å². The van der Waals surface area contributed by atoms with E-state index in [0.717, 1.165) is 44.0 Å². The summed E-state index contributed by atoms with van der Waals surface area (Å²) in [6.07, 6.45) is 0. The molecule has 0 bridgehead atoms. The highest BCUT2D eigenvalue weighted by atomic mass is 16.2. The molecule has 0 spiro atoms. The van der Waals surface area contributed by atoms with Crippen molar-refractivity contribution >= 4 is 17.3 Å². The van der Waals surface area contributed by atoms with Gasteiger partial charge in [-0.05, 0) is 30.2 Å². The van der Waals surface area contributed by atoms with E-state index < -0.39 is 0 Å². The number of nitrogens with zero attached hydrogens (tertiary/aromatic N) is 2. The van der Waals surface area contributed by atoms with Gasteiger partial charge < -0.3 is 11.1 Å². The van der Waals surface area contributed by atoms with Crippen molar-refractivity contribution in [2.24, 2.45) is 0 Å². The minimum Gasteiger partial charge on any atom is -0.398 e. The molecule has 3 rings (SSSR count). The normalized spacial score (nSPS) is 15.9. The van der Waals surface area contributed by atoms with Crippen LogP contribution in [0.5, 0.6) is 0 Å². The molecule has 0 unspecified atom stereocenters. The highest BCUT2D eigenvalue weighted by Crippen LogP contribution is 2.17. The van der Waals surface area contributed by atoms with E-state index in [-0.39, 0.29) is 5.91 Å². The minimum atomic E-state index is 0.0137. The molecule has 3 N–H and O–H groups in total. The molecule has 2 aromatic rings. The van der Waals surface area contributed by atoms with Gasteiger partial charge in [-0.15, -0.1) is 0 Å². The second kappa shape index (κ2) is 8.14. The summed E-state index contributed by atoms with van der Waals surface area (Å²) >= 11 is 0. The Morgan fingerprint density at radius 3 is 2.40 bits per heavy atom. The summed E-state index contributed by atoms with van der Waals surface area (Å²) in [6.45, 7) is 7.15. The molecule has 5 heteroatoms. The molecule has 0 radical (unpaired) electrons. The first-order valence-corrected chi connectivity index (χ1v) is 8.75. The lowest BCUT2D eigenvalue weighted by molar-refractivity contribution is -0.117. The van der Waals surface area contributed by atoms with E-state index in [0.29, 0.717) is 12.2 Å². The number of amides is 1. The van der Waals surface area contributed by atoms with Crippen LogP contribution in [0.15, 0.2) is 48.5 Å². The summed E-state index contributed by atoms with van der Waals surface area (Å²) in [5, 5.41) is 2.93. The van der Waals surface area contributed by atoms with Gasteiger partial charge in [0.2, 0.25) is 5.91 Å². The van der Waals surface area contributed by atoms with E-state index >= 15 is 0 Å².